The van der Waals surface area contributed by atoms with Crippen LogP contribution in [-0.4, -0.2) is 21.6 Å². The van der Waals surface area contributed by atoms with Gasteiger partial charge in [0, 0.05) is 10.7 Å². The molecule has 0 amide bonds. The van der Waals surface area contributed by atoms with E-state index < -0.39 is 0 Å². The van der Waals surface area contributed by atoms with E-state index in [2.05, 4.69) is 49.3 Å². The first-order chi connectivity index (χ1) is 12.3. The number of fused-ring (bicyclic) bond motifs is 1. The van der Waals surface area contributed by atoms with Crippen molar-refractivity contribution >= 4 is 28.3 Å². The lowest BCUT2D eigenvalue weighted by Gasteiger charge is -2.15. The number of aryl methyl sites for hydroxylation is 4. The van der Waals surface area contributed by atoms with Crippen molar-refractivity contribution < 1.29 is 4.84 Å². The van der Waals surface area contributed by atoms with Crippen LogP contribution in [0.15, 0.2) is 18.7 Å². The minimum atomic E-state index is 0.604. The largest absolute Gasteiger partial charge is 0.298 e. The third-order valence-corrected chi connectivity index (χ3v) is 4.88. The third-order valence-electron chi connectivity index (χ3n) is 4.66. The molecule has 0 aliphatic carbocycles. The molecule has 2 heterocycles. The smallest absolute Gasteiger partial charge is 0.149 e. The molecule has 1 N–H and O–H groups in total. The lowest BCUT2D eigenvalue weighted by Crippen LogP contribution is -2.12. The van der Waals surface area contributed by atoms with Crippen LogP contribution in [0.2, 0.25) is 5.02 Å². The zero-order chi connectivity index (χ0) is 19.2. The van der Waals surface area contributed by atoms with Gasteiger partial charge in [0.25, 0.3) is 0 Å². The molecular formula is C20H23ClN4O. The van der Waals surface area contributed by atoms with E-state index in [1.165, 1.54) is 0 Å². The SMILES string of the molecule is C=C(NOC)c1nc(C)nc2c1c(C)c(C)n2-c1c(C)cc(Cl)cc1C. The molecule has 0 aliphatic rings. The van der Waals surface area contributed by atoms with Crippen molar-refractivity contribution in [2.45, 2.75) is 34.6 Å². The zero-order valence-electron chi connectivity index (χ0n) is 16.0. The normalized spacial score (nSPS) is 11.2. The lowest BCUT2D eigenvalue weighted by atomic mass is 10.1. The predicted octanol–water partition coefficient (Wildman–Crippen LogP) is 4.74. The minimum absolute atomic E-state index is 0.604. The molecular weight excluding hydrogens is 348 g/mol. The van der Waals surface area contributed by atoms with E-state index in [-0.39, 0.29) is 0 Å². The molecule has 3 aromatic rings. The van der Waals surface area contributed by atoms with Gasteiger partial charge >= 0.3 is 0 Å². The van der Waals surface area contributed by atoms with E-state index in [1.54, 1.807) is 7.11 Å². The average Bonchev–Trinajstić information content (AvgIpc) is 2.78. The van der Waals surface area contributed by atoms with Crippen LogP contribution in [0.3, 0.4) is 0 Å². The van der Waals surface area contributed by atoms with Crippen molar-refractivity contribution in [3.63, 3.8) is 0 Å². The van der Waals surface area contributed by atoms with Gasteiger partial charge in [-0.25, -0.2) is 9.97 Å². The number of nitrogens with zero attached hydrogens (tertiary/aromatic N) is 3. The average molecular weight is 371 g/mol. The van der Waals surface area contributed by atoms with Gasteiger partial charge in [-0.3, -0.25) is 14.9 Å². The van der Waals surface area contributed by atoms with Gasteiger partial charge in [0.1, 0.15) is 17.2 Å². The van der Waals surface area contributed by atoms with E-state index in [0.29, 0.717) is 11.5 Å². The standard InChI is InChI=1S/C20H23ClN4O/c1-10-8-16(21)9-11(2)19(10)25-14(5)12(3)17-18(13(4)24-26-7)22-15(6)23-20(17)25/h8-9,24H,4H2,1-3,5-7H3. The molecule has 0 unspecified atom stereocenters. The summed E-state index contributed by atoms with van der Waals surface area (Å²) in [6.45, 7) is 14.2. The lowest BCUT2D eigenvalue weighted by molar-refractivity contribution is 0.136. The topological polar surface area (TPSA) is 52.0 Å². The fraction of sp³-hybridized carbons (Fsp3) is 0.300. The second-order valence-electron chi connectivity index (χ2n) is 6.54. The van der Waals surface area contributed by atoms with Crippen LogP contribution in [0.4, 0.5) is 0 Å². The van der Waals surface area contributed by atoms with Gasteiger partial charge in [0.2, 0.25) is 0 Å². The highest BCUT2D eigenvalue weighted by molar-refractivity contribution is 6.30. The van der Waals surface area contributed by atoms with Crippen molar-refractivity contribution in [1.82, 2.24) is 20.0 Å². The number of aromatic nitrogens is 3. The summed E-state index contributed by atoms with van der Waals surface area (Å²) in [6, 6.07) is 3.95. The molecule has 0 atom stereocenters. The molecule has 0 aliphatic heterocycles. The summed E-state index contributed by atoms with van der Waals surface area (Å²) in [7, 11) is 1.56. The Morgan fingerprint density at radius 3 is 2.31 bits per heavy atom. The molecule has 0 bridgehead atoms. The second kappa shape index (κ2) is 6.74. The molecule has 136 valence electrons. The number of hydrogen-bond acceptors (Lipinski definition) is 4. The van der Waals surface area contributed by atoms with Crippen molar-refractivity contribution in [2.24, 2.45) is 0 Å². The monoisotopic (exact) mass is 370 g/mol. The number of hydrogen-bond donors (Lipinski definition) is 1. The van der Waals surface area contributed by atoms with E-state index in [1.807, 2.05) is 19.1 Å². The first-order valence-electron chi connectivity index (χ1n) is 8.37. The van der Waals surface area contributed by atoms with E-state index in [4.69, 9.17) is 21.4 Å². The number of benzene rings is 1. The predicted molar refractivity (Wildman–Crippen MR) is 107 cm³/mol. The van der Waals surface area contributed by atoms with Crippen LogP contribution < -0.4 is 5.48 Å². The molecule has 2 aromatic heterocycles. The number of hydroxylamine groups is 1. The van der Waals surface area contributed by atoms with Crippen LogP contribution in [0.25, 0.3) is 22.4 Å². The van der Waals surface area contributed by atoms with E-state index in [9.17, 15) is 0 Å². The maximum Gasteiger partial charge on any atom is 0.149 e. The Kier molecular flexibility index (Phi) is 4.78. The van der Waals surface area contributed by atoms with Gasteiger partial charge in [0.15, 0.2) is 0 Å². The minimum Gasteiger partial charge on any atom is -0.298 e. The molecule has 0 saturated carbocycles. The number of nitrogens with one attached hydrogen (secondary N) is 1. The van der Waals surface area contributed by atoms with E-state index >= 15 is 0 Å². The Bertz CT molecular complexity index is 1010. The summed E-state index contributed by atoms with van der Waals surface area (Å²) < 4.78 is 2.18. The Hall–Kier alpha value is -2.37. The molecule has 1 aromatic carbocycles. The quantitative estimate of drug-likeness (QED) is 0.674. The highest BCUT2D eigenvalue weighted by atomic mass is 35.5. The van der Waals surface area contributed by atoms with Gasteiger partial charge in [-0.1, -0.05) is 18.2 Å². The Morgan fingerprint density at radius 1 is 1.12 bits per heavy atom. The van der Waals surface area contributed by atoms with Gasteiger partial charge in [-0.2, -0.15) is 0 Å². The summed E-state index contributed by atoms with van der Waals surface area (Å²) >= 11 is 6.23. The molecule has 5 nitrogen and oxygen atoms in total. The molecule has 0 fully saturated rings. The molecule has 3 rings (SSSR count). The summed E-state index contributed by atoms with van der Waals surface area (Å²) in [4.78, 5) is 14.4. The Morgan fingerprint density at radius 2 is 1.73 bits per heavy atom. The Balaban J connectivity index is 2.43. The van der Waals surface area contributed by atoms with Crippen LogP contribution in [0, 0.1) is 34.6 Å². The van der Waals surface area contributed by atoms with Gasteiger partial charge in [-0.05, 0) is 63.4 Å². The molecule has 26 heavy (non-hydrogen) atoms. The van der Waals surface area contributed by atoms with E-state index in [0.717, 1.165) is 49.8 Å². The highest BCUT2D eigenvalue weighted by Gasteiger charge is 2.22. The third kappa shape index (κ3) is 2.87. The number of halogens is 1. The van der Waals surface area contributed by atoms with Crippen LogP contribution >= 0.6 is 11.6 Å². The van der Waals surface area contributed by atoms with Crippen molar-refractivity contribution in [3.8, 4) is 5.69 Å². The summed E-state index contributed by atoms with van der Waals surface area (Å²) in [5, 5.41) is 1.70. The fourth-order valence-corrected chi connectivity index (χ4v) is 3.82. The maximum absolute atomic E-state index is 6.23. The van der Waals surface area contributed by atoms with Gasteiger partial charge in [0.05, 0.1) is 23.9 Å². The first kappa shape index (κ1) is 18.4. The van der Waals surface area contributed by atoms with Crippen molar-refractivity contribution in [3.05, 3.63) is 57.6 Å². The summed E-state index contributed by atoms with van der Waals surface area (Å²) in [5.41, 5.74) is 10.5. The maximum atomic E-state index is 6.23. The number of rotatable bonds is 4. The highest BCUT2D eigenvalue weighted by Crippen LogP contribution is 2.34. The summed E-state index contributed by atoms with van der Waals surface area (Å²) in [6.07, 6.45) is 0. The van der Waals surface area contributed by atoms with Crippen LogP contribution in [0.5, 0.6) is 0 Å². The van der Waals surface area contributed by atoms with Gasteiger partial charge in [-0.15, -0.1) is 0 Å². The Labute approximate surface area is 158 Å². The fourth-order valence-electron chi connectivity index (χ4n) is 3.49. The zero-order valence-corrected chi connectivity index (χ0v) is 16.7. The molecule has 0 saturated heterocycles. The summed E-state index contributed by atoms with van der Waals surface area (Å²) in [5.74, 6) is 0.676. The van der Waals surface area contributed by atoms with Crippen molar-refractivity contribution in [2.75, 3.05) is 7.11 Å². The van der Waals surface area contributed by atoms with Gasteiger partial charge < -0.3 is 0 Å². The second-order valence-corrected chi connectivity index (χ2v) is 6.97. The molecule has 0 spiro atoms. The van der Waals surface area contributed by atoms with Crippen molar-refractivity contribution in [1.29, 1.82) is 0 Å². The first-order valence-corrected chi connectivity index (χ1v) is 8.75. The molecule has 0 radical (unpaired) electrons. The van der Waals surface area contributed by atoms with Crippen LogP contribution in [-0.2, 0) is 4.84 Å². The molecule has 6 heteroatoms. The van der Waals surface area contributed by atoms with Crippen LogP contribution in [0.1, 0.15) is 33.9 Å².